The fourth-order valence-electron chi connectivity index (χ4n) is 4.80. The summed E-state index contributed by atoms with van der Waals surface area (Å²) < 4.78 is 5.39. The van der Waals surface area contributed by atoms with Crippen LogP contribution < -0.4 is 0 Å². The molecule has 4 heterocycles. The van der Waals surface area contributed by atoms with Gasteiger partial charge in [-0.05, 0) is 32.6 Å². The van der Waals surface area contributed by atoms with Gasteiger partial charge in [0, 0.05) is 55.6 Å². The molecule has 3 aliphatic rings. The average molecular weight is 380 g/mol. The van der Waals surface area contributed by atoms with E-state index in [9.17, 15) is 9.90 Å². The Bertz CT molecular complexity index is 653. The van der Waals surface area contributed by atoms with Gasteiger partial charge in [0.1, 0.15) is 5.01 Å². The highest BCUT2D eigenvalue weighted by Crippen LogP contribution is 2.43. The Morgan fingerprint density at radius 2 is 2.08 bits per heavy atom. The number of hydrogen-bond acceptors (Lipinski definition) is 6. The summed E-state index contributed by atoms with van der Waals surface area (Å²) in [5, 5.41) is 11.3. The molecule has 0 aromatic carbocycles. The summed E-state index contributed by atoms with van der Waals surface area (Å²) in [6.07, 6.45) is 1.67. The van der Waals surface area contributed by atoms with E-state index >= 15 is 0 Å². The minimum Gasteiger partial charge on any atom is -0.396 e. The summed E-state index contributed by atoms with van der Waals surface area (Å²) in [7, 11) is 0. The van der Waals surface area contributed by atoms with Gasteiger partial charge in [0.2, 0.25) is 5.91 Å². The second kappa shape index (κ2) is 7.19. The van der Waals surface area contributed by atoms with Gasteiger partial charge in [-0.1, -0.05) is 0 Å². The van der Waals surface area contributed by atoms with E-state index in [0.717, 1.165) is 49.7 Å². The van der Waals surface area contributed by atoms with Crippen LogP contribution >= 0.6 is 11.3 Å². The van der Waals surface area contributed by atoms with Crippen molar-refractivity contribution in [2.24, 2.45) is 17.3 Å². The maximum Gasteiger partial charge on any atom is 0.225 e. The number of aliphatic hydroxyl groups excluding tert-OH is 1. The fraction of sp³-hybridized carbons (Fsp3) is 0.789. The number of thiazole rings is 1. The first-order valence-corrected chi connectivity index (χ1v) is 10.4. The van der Waals surface area contributed by atoms with Gasteiger partial charge >= 0.3 is 0 Å². The van der Waals surface area contributed by atoms with Crippen molar-refractivity contribution in [3.8, 4) is 0 Å². The predicted molar refractivity (Wildman–Crippen MR) is 100.0 cm³/mol. The molecule has 1 aromatic rings. The van der Waals surface area contributed by atoms with Gasteiger partial charge in [-0.25, -0.2) is 4.98 Å². The van der Waals surface area contributed by atoms with Crippen molar-refractivity contribution in [1.82, 2.24) is 14.8 Å². The molecule has 3 fully saturated rings. The molecule has 7 heteroatoms. The van der Waals surface area contributed by atoms with Crippen molar-refractivity contribution in [3.63, 3.8) is 0 Å². The molecule has 6 nitrogen and oxygen atoms in total. The molecule has 0 bridgehead atoms. The molecule has 0 aliphatic carbocycles. The topological polar surface area (TPSA) is 65.9 Å². The van der Waals surface area contributed by atoms with Gasteiger partial charge in [-0.2, -0.15) is 0 Å². The van der Waals surface area contributed by atoms with Gasteiger partial charge in [0.25, 0.3) is 0 Å². The van der Waals surface area contributed by atoms with Crippen LogP contribution in [0.2, 0.25) is 0 Å². The number of aliphatic hydroxyl groups is 1. The van der Waals surface area contributed by atoms with Gasteiger partial charge < -0.3 is 14.7 Å². The van der Waals surface area contributed by atoms with Gasteiger partial charge in [-0.3, -0.25) is 9.69 Å². The van der Waals surface area contributed by atoms with Crippen LogP contribution in [0.25, 0.3) is 0 Å². The van der Waals surface area contributed by atoms with Crippen molar-refractivity contribution in [3.05, 3.63) is 15.6 Å². The number of carbonyl (C=O) groups excluding carboxylic acids is 1. The molecule has 144 valence electrons. The zero-order valence-electron chi connectivity index (χ0n) is 15.7. The molecule has 4 rings (SSSR count). The maximum absolute atomic E-state index is 12.9. The summed E-state index contributed by atoms with van der Waals surface area (Å²) in [6, 6.07) is 0. The molecule has 2 unspecified atom stereocenters. The second-order valence-electron chi connectivity index (χ2n) is 8.24. The van der Waals surface area contributed by atoms with E-state index in [1.54, 1.807) is 11.3 Å². The monoisotopic (exact) mass is 379 g/mol. The average Bonchev–Trinajstić information content (AvgIpc) is 3.25. The van der Waals surface area contributed by atoms with Crippen molar-refractivity contribution >= 4 is 17.2 Å². The van der Waals surface area contributed by atoms with Crippen LogP contribution in [0.3, 0.4) is 0 Å². The summed E-state index contributed by atoms with van der Waals surface area (Å²) in [5.74, 6) is 0.738. The number of aromatic nitrogens is 1. The van der Waals surface area contributed by atoms with Crippen LogP contribution in [0.5, 0.6) is 0 Å². The van der Waals surface area contributed by atoms with E-state index in [2.05, 4.69) is 23.7 Å². The Balaban J connectivity index is 1.40. The van der Waals surface area contributed by atoms with Crippen LogP contribution in [0, 0.1) is 31.1 Å². The number of hydrogen-bond donors (Lipinski definition) is 1. The first-order valence-electron chi connectivity index (χ1n) is 9.63. The van der Waals surface area contributed by atoms with Crippen LogP contribution in [0.15, 0.2) is 0 Å². The predicted octanol–water partition coefficient (Wildman–Crippen LogP) is 1.44. The lowest BCUT2D eigenvalue weighted by atomic mass is 9.82. The van der Waals surface area contributed by atoms with Crippen molar-refractivity contribution in [1.29, 1.82) is 0 Å². The smallest absolute Gasteiger partial charge is 0.225 e. The van der Waals surface area contributed by atoms with Gasteiger partial charge in [-0.15, -0.1) is 11.3 Å². The third-order valence-electron chi connectivity index (χ3n) is 6.46. The maximum atomic E-state index is 12.9. The molecule has 0 radical (unpaired) electrons. The first-order chi connectivity index (χ1) is 12.5. The minimum atomic E-state index is -0.165. The number of rotatable bonds is 4. The number of ether oxygens (including phenoxy) is 1. The molecule has 26 heavy (non-hydrogen) atoms. The van der Waals surface area contributed by atoms with Crippen molar-refractivity contribution in [2.45, 2.75) is 33.2 Å². The van der Waals surface area contributed by atoms with Crippen LogP contribution in [-0.2, 0) is 16.1 Å². The molecule has 3 saturated heterocycles. The molecule has 2 atom stereocenters. The number of amides is 1. The Morgan fingerprint density at radius 1 is 1.31 bits per heavy atom. The van der Waals surface area contributed by atoms with E-state index in [4.69, 9.17) is 4.74 Å². The SMILES string of the molecule is Cc1nc(CN2CC3CN(C(=O)C4CCOCC4)CC3(CO)C2)sc1C. The van der Waals surface area contributed by atoms with E-state index in [1.165, 1.54) is 4.88 Å². The van der Waals surface area contributed by atoms with Gasteiger partial charge in [0.15, 0.2) is 0 Å². The van der Waals surface area contributed by atoms with E-state index < -0.39 is 0 Å². The normalized spacial score (nSPS) is 30.1. The van der Waals surface area contributed by atoms with E-state index in [1.807, 2.05) is 4.90 Å². The molecule has 0 spiro atoms. The first kappa shape index (κ1) is 18.3. The zero-order chi connectivity index (χ0) is 18.3. The number of fused-ring (bicyclic) bond motifs is 1. The quantitative estimate of drug-likeness (QED) is 0.858. The van der Waals surface area contributed by atoms with Crippen LogP contribution in [0.1, 0.15) is 28.4 Å². The van der Waals surface area contributed by atoms with Crippen LogP contribution in [0.4, 0.5) is 0 Å². The molecule has 1 aromatic heterocycles. The largest absolute Gasteiger partial charge is 0.396 e. The number of nitrogens with zero attached hydrogens (tertiary/aromatic N) is 3. The standard InChI is InChI=1S/C19H29N3O3S/c1-13-14(2)26-17(20-13)9-21-7-16-8-22(11-19(16,10-21)12-23)18(24)15-3-5-25-6-4-15/h15-16,23H,3-12H2,1-2H3. The number of carbonyl (C=O) groups is 1. The highest BCUT2D eigenvalue weighted by molar-refractivity contribution is 7.11. The van der Waals surface area contributed by atoms with E-state index in [-0.39, 0.29) is 23.8 Å². The Kier molecular flexibility index (Phi) is 5.07. The van der Waals surface area contributed by atoms with Crippen molar-refractivity contribution in [2.75, 3.05) is 46.0 Å². The van der Waals surface area contributed by atoms with Gasteiger partial charge in [0.05, 0.1) is 18.8 Å². The summed E-state index contributed by atoms with van der Waals surface area (Å²) >= 11 is 1.77. The number of aryl methyl sites for hydroxylation is 2. The van der Waals surface area contributed by atoms with E-state index in [0.29, 0.717) is 25.7 Å². The molecular formula is C19H29N3O3S. The fourth-order valence-corrected chi connectivity index (χ4v) is 5.78. The second-order valence-corrected chi connectivity index (χ2v) is 9.53. The molecular weight excluding hydrogens is 350 g/mol. The molecule has 3 aliphatic heterocycles. The zero-order valence-corrected chi connectivity index (χ0v) is 16.6. The lowest BCUT2D eigenvalue weighted by molar-refractivity contribution is -0.138. The highest BCUT2D eigenvalue weighted by Gasteiger charge is 2.53. The lowest BCUT2D eigenvalue weighted by Crippen LogP contribution is -2.41. The van der Waals surface area contributed by atoms with Crippen LogP contribution in [-0.4, -0.2) is 71.8 Å². The minimum absolute atomic E-state index is 0.107. The third-order valence-corrected chi connectivity index (χ3v) is 7.52. The summed E-state index contributed by atoms with van der Waals surface area (Å²) in [4.78, 5) is 23.2. The Morgan fingerprint density at radius 3 is 2.69 bits per heavy atom. The number of likely N-dealkylation sites (tertiary alicyclic amines) is 2. The Labute approximate surface area is 159 Å². The Hall–Kier alpha value is -1.02. The third kappa shape index (κ3) is 3.30. The molecule has 1 amide bonds. The summed E-state index contributed by atoms with van der Waals surface area (Å²) in [6.45, 7) is 9.83. The molecule has 1 N–H and O–H groups in total. The van der Waals surface area contributed by atoms with Crippen molar-refractivity contribution < 1.29 is 14.6 Å². The summed E-state index contributed by atoms with van der Waals surface area (Å²) in [5.41, 5.74) is 0.955. The molecule has 0 saturated carbocycles. The highest BCUT2D eigenvalue weighted by atomic mass is 32.1. The lowest BCUT2D eigenvalue weighted by Gasteiger charge is -2.30.